The van der Waals surface area contributed by atoms with E-state index in [1.54, 1.807) is 0 Å². The molecule has 138 valence electrons. The first-order chi connectivity index (χ1) is 12.2. The molecule has 3 N–H and O–H groups in total. The van der Waals surface area contributed by atoms with Crippen molar-refractivity contribution in [3.8, 4) is 0 Å². The van der Waals surface area contributed by atoms with E-state index in [-0.39, 0.29) is 5.92 Å². The fourth-order valence-corrected chi connectivity index (χ4v) is 4.51. The third-order valence-electron chi connectivity index (χ3n) is 5.97. The highest BCUT2D eigenvalue weighted by Gasteiger charge is 2.29. The molecule has 1 amide bonds. The summed E-state index contributed by atoms with van der Waals surface area (Å²) in [6.07, 6.45) is 9.20. The molecule has 4 heteroatoms. The second-order valence-electron chi connectivity index (χ2n) is 7.75. The molecule has 1 saturated carbocycles. The zero-order valence-corrected chi connectivity index (χ0v) is 15.5. The van der Waals surface area contributed by atoms with Gasteiger partial charge in [-0.1, -0.05) is 38.3 Å². The van der Waals surface area contributed by atoms with Gasteiger partial charge in [-0.05, 0) is 62.9 Å². The number of carbonyl (C=O) groups excluding carboxylic acids is 1. The summed E-state index contributed by atoms with van der Waals surface area (Å²) in [5, 5.41) is 3.31. The van der Waals surface area contributed by atoms with Crippen LogP contribution < -0.4 is 11.1 Å². The number of hydrogen-bond acceptors (Lipinski definition) is 3. The van der Waals surface area contributed by atoms with Gasteiger partial charge in [-0.25, -0.2) is 0 Å². The maximum absolute atomic E-state index is 12.6. The van der Waals surface area contributed by atoms with E-state index in [4.69, 9.17) is 5.73 Å². The predicted molar refractivity (Wildman–Crippen MR) is 103 cm³/mol. The molecule has 1 aliphatic heterocycles. The minimum Gasteiger partial charge on any atom is -0.399 e. The highest BCUT2D eigenvalue weighted by molar-refractivity contribution is 5.79. The van der Waals surface area contributed by atoms with Crippen molar-refractivity contribution in [1.29, 1.82) is 0 Å². The van der Waals surface area contributed by atoms with Crippen molar-refractivity contribution < 1.29 is 4.79 Å². The Kier molecular flexibility index (Phi) is 6.35. The van der Waals surface area contributed by atoms with Crippen LogP contribution in [-0.2, 0) is 4.79 Å². The first-order valence-corrected chi connectivity index (χ1v) is 10.1. The summed E-state index contributed by atoms with van der Waals surface area (Å²) in [7, 11) is 0. The SMILES string of the molecule is CCC(c1cccc(N)c1)N1CCC(C(=O)NC2CCCCC2)CC1. The summed E-state index contributed by atoms with van der Waals surface area (Å²) in [6.45, 7) is 4.22. The molecule has 1 unspecified atom stereocenters. The summed E-state index contributed by atoms with van der Waals surface area (Å²) >= 11 is 0. The number of anilines is 1. The van der Waals surface area contributed by atoms with Gasteiger partial charge in [-0.3, -0.25) is 9.69 Å². The standard InChI is InChI=1S/C21H33N3O/c1-2-20(17-7-6-8-18(22)15-17)24-13-11-16(12-14-24)21(25)23-19-9-4-3-5-10-19/h6-8,15-16,19-20H,2-5,9-14,22H2,1H3,(H,23,25). The van der Waals surface area contributed by atoms with Crippen molar-refractivity contribution in [2.24, 2.45) is 5.92 Å². The Morgan fingerprint density at radius 2 is 1.92 bits per heavy atom. The van der Waals surface area contributed by atoms with Crippen LogP contribution in [0.15, 0.2) is 24.3 Å². The largest absolute Gasteiger partial charge is 0.399 e. The van der Waals surface area contributed by atoms with E-state index >= 15 is 0 Å². The molecule has 0 aromatic heterocycles. The number of hydrogen-bond donors (Lipinski definition) is 2. The quantitative estimate of drug-likeness (QED) is 0.798. The molecule has 25 heavy (non-hydrogen) atoms. The van der Waals surface area contributed by atoms with E-state index in [2.05, 4.69) is 29.3 Å². The molecule has 2 aliphatic rings. The number of nitrogens with one attached hydrogen (secondary N) is 1. The van der Waals surface area contributed by atoms with Crippen LogP contribution in [0.2, 0.25) is 0 Å². The fourth-order valence-electron chi connectivity index (χ4n) is 4.51. The average molecular weight is 344 g/mol. The second kappa shape index (κ2) is 8.70. The third-order valence-corrected chi connectivity index (χ3v) is 5.97. The smallest absolute Gasteiger partial charge is 0.223 e. The van der Waals surface area contributed by atoms with Gasteiger partial charge in [0.2, 0.25) is 5.91 Å². The number of carbonyl (C=O) groups is 1. The lowest BCUT2D eigenvalue weighted by molar-refractivity contribution is -0.127. The van der Waals surface area contributed by atoms with Gasteiger partial charge in [0, 0.05) is 23.7 Å². The highest BCUT2D eigenvalue weighted by Crippen LogP contribution is 2.30. The number of amides is 1. The Morgan fingerprint density at radius 3 is 2.56 bits per heavy atom. The zero-order valence-electron chi connectivity index (χ0n) is 15.5. The van der Waals surface area contributed by atoms with Gasteiger partial charge in [0.1, 0.15) is 0 Å². The number of nitrogen functional groups attached to an aromatic ring is 1. The van der Waals surface area contributed by atoms with Crippen LogP contribution in [0.25, 0.3) is 0 Å². The Hall–Kier alpha value is -1.55. The van der Waals surface area contributed by atoms with Crippen LogP contribution in [-0.4, -0.2) is 29.9 Å². The number of nitrogens with zero attached hydrogens (tertiary/aromatic N) is 1. The minimum absolute atomic E-state index is 0.191. The molecule has 2 fully saturated rings. The van der Waals surface area contributed by atoms with E-state index in [0.29, 0.717) is 18.0 Å². The Morgan fingerprint density at radius 1 is 1.20 bits per heavy atom. The van der Waals surface area contributed by atoms with E-state index < -0.39 is 0 Å². The van der Waals surface area contributed by atoms with Gasteiger partial charge < -0.3 is 11.1 Å². The molecule has 0 spiro atoms. The van der Waals surface area contributed by atoms with Gasteiger partial charge in [0.25, 0.3) is 0 Å². The van der Waals surface area contributed by atoms with Crippen LogP contribution >= 0.6 is 0 Å². The van der Waals surface area contributed by atoms with Gasteiger partial charge >= 0.3 is 0 Å². The third kappa shape index (κ3) is 4.75. The molecule has 1 atom stereocenters. The number of likely N-dealkylation sites (tertiary alicyclic amines) is 1. The summed E-state index contributed by atoms with van der Waals surface area (Å²) < 4.78 is 0. The normalized spacial score (nSPS) is 21.8. The summed E-state index contributed by atoms with van der Waals surface area (Å²) in [5.74, 6) is 0.486. The number of rotatable bonds is 5. The Labute approximate surface area is 152 Å². The summed E-state index contributed by atoms with van der Waals surface area (Å²) in [5.41, 5.74) is 8.09. The van der Waals surface area contributed by atoms with Crippen LogP contribution in [0.5, 0.6) is 0 Å². The predicted octanol–water partition coefficient (Wildman–Crippen LogP) is 3.88. The zero-order chi connectivity index (χ0) is 17.6. The highest BCUT2D eigenvalue weighted by atomic mass is 16.1. The molecule has 1 aliphatic carbocycles. The molecule has 4 nitrogen and oxygen atoms in total. The van der Waals surface area contributed by atoms with Crippen molar-refractivity contribution in [2.45, 2.75) is 70.4 Å². The van der Waals surface area contributed by atoms with Crippen molar-refractivity contribution in [3.05, 3.63) is 29.8 Å². The molecule has 1 aromatic carbocycles. The monoisotopic (exact) mass is 343 g/mol. The maximum atomic E-state index is 12.6. The fraction of sp³-hybridized carbons (Fsp3) is 0.667. The number of nitrogens with two attached hydrogens (primary N) is 1. The van der Waals surface area contributed by atoms with Crippen LogP contribution in [0.4, 0.5) is 5.69 Å². The van der Waals surface area contributed by atoms with E-state index in [0.717, 1.165) is 50.9 Å². The van der Waals surface area contributed by atoms with Gasteiger partial charge in [-0.2, -0.15) is 0 Å². The lowest BCUT2D eigenvalue weighted by atomic mass is 9.91. The second-order valence-corrected chi connectivity index (χ2v) is 7.75. The molecule has 3 rings (SSSR count). The van der Waals surface area contributed by atoms with Crippen molar-refractivity contribution in [2.75, 3.05) is 18.8 Å². The number of benzene rings is 1. The van der Waals surface area contributed by atoms with E-state index in [1.165, 1.54) is 24.8 Å². The molecule has 0 radical (unpaired) electrons. The molecule has 0 bridgehead atoms. The van der Waals surface area contributed by atoms with Crippen LogP contribution in [0, 0.1) is 5.92 Å². The van der Waals surface area contributed by atoms with Gasteiger partial charge in [0.15, 0.2) is 0 Å². The number of piperidine rings is 1. The van der Waals surface area contributed by atoms with Crippen molar-refractivity contribution >= 4 is 11.6 Å². The van der Waals surface area contributed by atoms with E-state index in [9.17, 15) is 4.79 Å². The molecule has 1 aromatic rings. The van der Waals surface area contributed by atoms with Crippen LogP contribution in [0.3, 0.4) is 0 Å². The van der Waals surface area contributed by atoms with Gasteiger partial charge in [-0.15, -0.1) is 0 Å². The lowest BCUT2D eigenvalue weighted by Crippen LogP contribution is -2.45. The van der Waals surface area contributed by atoms with Crippen molar-refractivity contribution in [1.82, 2.24) is 10.2 Å². The maximum Gasteiger partial charge on any atom is 0.223 e. The van der Waals surface area contributed by atoms with E-state index in [1.807, 2.05) is 12.1 Å². The average Bonchev–Trinajstić information content (AvgIpc) is 2.64. The van der Waals surface area contributed by atoms with Gasteiger partial charge in [0.05, 0.1) is 0 Å². The summed E-state index contributed by atoms with van der Waals surface area (Å²) in [6, 6.07) is 9.08. The first kappa shape index (κ1) is 18.2. The van der Waals surface area contributed by atoms with Crippen LogP contribution in [0.1, 0.15) is 69.9 Å². The first-order valence-electron chi connectivity index (χ1n) is 10.1. The molecular weight excluding hydrogens is 310 g/mol. The Bertz CT molecular complexity index is 560. The Balaban J connectivity index is 1.52. The lowest BCUT2D eigenvalue weighted by Gasteiger charge is -2.37. The molecule has 1 heterocycles. The van der Waals surface area contributed by atoms with Crippen molar-refractivity contribution in [3.63, 3.8) is 0 Å². The summed E-state index contributed by atoms with van der Waals surface area (Å²) in [4.78, 5) is 15.1. The topological polar surface area (TPSA) is 58.4 Å². The minimum atomic E-state index is 0.191. The molecule has 1 saturated heterocycles. The molecular formula is C21H33N3O.